The highest BCUT2D eigenvalue weighted by atomic mass is 79.9. The van der Waals surface area contributed by atoms with E-state index < -0.39 is 0 Å². The molecular weight excluding hydrogens is 337 g/mol. The summed E-state index contributed by atoms with van der Waals surface area (Å²) >= 11 is 9.05. The zero-order valence-electron chi connectivity index (χ0n) is 9.91. The maximum atomic E-state index is 13.0. The van der Waals surface area contributed by atoms with Gasteiger partial charge >= 0.3 is 0 Å². The van der Waals surface area contributed by atoms with Gasteiger partial charge in [-0.05, 0) is 52.7 Å². The molecule has 0 bridgehead atoms. The summed E-state index contributed by atoms with van der Waals surface area (Å²) in [5, 5.41) is 5.95. The number of halogens is 3. The first kappa shape index (κ1) is 14.0. The van der Waals surface area contributed by atoms with Crippen molar-refractivity contribution in [2.24, 2.45) is 0 Å². The van der Waals surface area contributed by atoms with Gasteiger partial charge in [0.2, 0.25) is 17.2 Å². The Balaban J connectivity index is 2.27. The van der Waals surface area contributed by atoms with Crippen LogP contribution in [0.2, 0.25) is 5.28 Å². The van der Waals surface area contributed by atoms with Crippen molar-refractivity contribution >= 4 is 45.1 Å². The molecular formula is C11H10BrClFN5. The van der Waals surface area contributed by atoms with Crippen molar-refractivity contribution in [1.29, 1.82) is 0 Å². The summed E-state index contributed by atoms with van der Waals surface area (Å²) in [4.78, 5) is 12.0. The smallest absolute Gasteiger partial charge is 0.233 e. The first-order valence-corrected chi connectivity index (χ1v) is 6.63. The summed E-state index contributed by atoms with van der Waals surface area (Å²) in [6.07, 6.45) is 0. The number of hydrogen-bond acceptors (Lipinski definition) is 5. The molecule has 0 radical (unpaired) electrons. The van der Waals surface area contributed by atoms with Gasteiger partial charge in [-0.3, -0.25) is 0 Å². The van der Waals surface area contributed by atoms with E-state index in [0.717, 1.165) is 0 Å². The Labute approximate surface area is 122 Å². The molecule has 1 aromatic carbocycles. The first-order valence-electron chi connectivity index (χ1n) is 5.46. The second kappa shape index (κ2) is 6.12. The van der Waals surface area contributed by atoms with Crippen LogP contribution in [0.4, 0.5) is 22.0 Å². The van der Waals surface area contributed by atoms with Gasteiger partial charge in [-0.2, -0.15) is 15.0 Å². The van der Waals surface area contributed by atoms with Gasteiger partial charge in [-0.1, -0.05) is 0 Å². The Hall–Kier alpha value is -1.47. The minimum atomic E-state index is -0.334. The van der Waals surface area contributed by atoms with Crippen molar-refractivity contribution in [3.05, 3.63) is 33.8 Å². The lowest BCUT2D eigenvalue weighted by Crippen LogP contribution is -2.06. The molecule has 0 amide bonds. The van der Waals surface area contributed by atoms with E-state index in [1.54, 1.807) is 6.07 Å². The summed E-state index contributed by atoms with van der Waals surface area (Å²) in [5.41, 5.74) is 0.631. The number of aromatic nitrogens is 3. The van der Waals surface area contributed by atoms with Gasteiger partial charge in [0, 0.05) is 11.0 Å². The lowest BCUT2D eigenvalue weighted by molar-refractivity contribution is 0.627. The Morgan fingerprint density at radius 2 is 2.00 bits per heavy atom. The zero-order chi connectivity index (χ0) is 13.8. The minimum absolute atomic E-state index is 0.0756. The summed E-state index contributed by atoms with van der Waals surface area (Å²) in [6, 6.07) is 4.25. The third-order valence-electron chi connectivity index (χ3n) is 2.12. The number of anilines is 3. The van der Waals surface area contributed by atoms with Crippen LogP contribution in [0.5, 0.6) is 0 Å². The summed E-state index contributed by atoms with van der Waals surface area (Å²) < 4.78 is 13.5. The molecule has 0 fully saturated rings. The van der Waals surface area contributed by atoms with Crippen LogP contribution in [0.25, 0.3) is 0 Å². The molecule has 0 atom stereocenters. The molecule has 5 nitrogen and oxygen atoms in total. The van der Waals surface area contributed by atoms with E-state index in [1.807, 2.05) is 6.92 Å². The molecule has 2 aromatic rings. The topological polar surface area (TPSA) is 62.7 Å². The highest BCUT2D eigenvalue weighted by Crippen LogP contribution is 2.25. The maximum Gasteiger partial charge on any atom is 0.233 e. The van der Waals surface area contributed by atoms with E-state index >= 15 is 0 Å². The predicted molar refractivity (Wildman–Crippen MR) is 76.4 cm³/mol. The van der Waals surface area contributed by atoms with E-state index in [0.29, 0.717) is 22.7 Å². The molecule has 2 rings (SSSR count). The second-order valence-electron chi connectivity index (χ2n) is 3.53. The molecule has 1 aromatic heterocycles. The SMILES string of the molecule is CCNc1nc(Cl)nc(Nc2ccc(F)cc2Br)n1. The third-order valence-corrected chi connectivity index (χ3v) is 2.95. The van der Waals surface area contributed by atoms with Crippen molar-refractivity contribution in [3.63, 3.8) is 0 Å². The molecule has 0 saturated heterocycles. The molecule has 0 aliphatic carbocycles. The van der Waals surface area contributed by atoms with Crippen LogP contribution in [0.1, 0.15) is 6.92 Å². The molecule has 0 aliphatic rings. The Kier molecular flexibility index (Phi) is 4.49. The standard InChI is InChI=1S/C11H10BrClFN5/c1-2-15-10-17-9(13)18-11(19-10)16-8-4-3-6(14)5-7(8)12/h3-5H,2H2,1H3,(H2,15,16,17,18,19). The van der Waals surface area contributed by atoms with Gasteiger partial charge in [-0.25, -0.2) is 4.39 Å². The first-order chi connectivity index (χ1) is 9.08. The summed E-state index contributed by atoms with van der Waals surface area (Å²) in [5.74, 6) is 0.325. The molecule has 0 unspecified atom stereocenters. The zero-order valence-corrected chi connectivity index (χ0v) is 12.3. The maximum absolute atomic E-state index is 13.0. The van der Waals surface area contributed by atoms with Crippen LogP contribution in [-0.2, 0) is 0 Å². The van der Waals surface area contributed by atoms with Crippen LogP contribution in [-0.4, -0.2) is 21.5 Å². The van der Waals surface area contributed by atoms with E-state index in [9.17, 15) is 4.39 Å². The van der Waals surface area contributed by atoms with E-state index in [-0.39, 0.29) is 17.0 Å². The second-order valence-corrected chi connectivity index (χ2v) is 4.72. The normalized spacial score (nSPS) is 10.3. The third kappa shape index (κ3) is 3.74. The molecule has 1 heterocycles. The fourth-order valence-electron chi connectivity index (χ4n) is 1.35. The Bertz CT molecular complexity index is 595. The van der Waals surface area contributed by atoms with E-state index in [4.69, 9.17) is 11.6 Å². The molecule has 19 heavy (non-hydrogen) atoms. The van der Waals surface area contributed by atoms with Crippen LogP contribution in [0.3, 0.4) is 0 Å². The van der Waals surface area contributed by atoms with Crippen molar-refractivity contribution in [3.8, 4) is 0 Å². The van der Waals surface area contributed by atoms with E-state index in [2.05, 4.69) is 41.5 Å². The molecule has 8 heteroatoms. The lowest BCUT2D eigenvalue weighted by Gasteiger charge is -2.08. The minimum Gasteiger partial charge on any atom is -0.354 e. The summed E-state index contributed by atoms with van der Waals surface area (Å²) in [6.45, 7) is 2.58. The number of hydrogen-bond donors (Lipinski definition) is 2. The van der Waals surface area contributed by atoms with Crippen molar-refractivity contribution in [2.75, 3.05) is 17.2 Å². The number of nitrogens with zero attached hydrogens (tertiary/aromatic N) is 3. The highest BCUT2D eigenvalue weighted by Gasteiger charge is 2.07. The molecule has 0 aliphatic heterocycles. The largest absolute Gasteiger partial charge is 0.354 e. The quantitative estimate of drug-likeness (QED) is 0.885. The van der Waals surface area contributed by atoms with Crippen LogP contribution in [0.15, 0.2) is 22.7 Å². The molecule has 100 valence electrons. The van der Waals surface area contributed by atoms with Crippen molar-refractivity contribution in [2.45, 2.75) is 6.92 Å². The Morgan fingerprint density at radius 3 is 2.68 bits per heavy atom. The van der Waals surface area contributed by atoms with Gasteiger partial charge < -0.3 is 10.6 Å². The van der Waals surface area contributed by atoms with Gasteiger partial charge in [0.1, 0.15) is 5.82 Å². The van der Waals surface area contributed by atoms with Gasteiger partial charge in [0.05, 0.1) is 5.69 Å². The average molecular weight is 347 g/mol. The number of rotatable bonds is 4. The van der Waals surface area contributed by atoms with E-state index in [1.165, 1.54) is 12.1 Å². The van der Waals surface area contributed by atoms with Gasteiger partial charge in [0.25, 0.3) is 0 Å². The van der Waals surface area contributed by atoms with Crippen LogP contribution < -0.4 is 10.6 Å². The molecule has 0 spiro atoms. The summed E-state index contributed by atoms with van der Waals surface area (Å²) in [7, 11) is 0. The lowest BCUT2D eigenvalue weighted by atomic mass is 10.3. The molecule has 2 N–H and O–H groups in total. The highest BCUT2D eigenvalue weighted by molar-refractivity contribution is 9.10. The monoisotopic (exact) mass is 345 g/mol. The molecule has 0 saturated carbocycles. The van der Waals surface area contributed by atoms with Gasteiger partial charge in [-0.15, -0.1) is 0 Å². The fraction of sp³-hybridized carbons (Fsp3) is 0.182. The van der Waals surface area contributed by atoms with Crippen LogP contribution in [0, 0.1) is 5.82 Å². The number of nitrogens with one attached hydrogen (secondary N) is 2. The van der Waals surface area contributed by atoms with Crippen LogP contribution >= 0.6 is 27.5 Å². The predicted octanol–water partition coefficient (Wildman–Crippen LogP) is 3.60. The average Bonchev–Trinajstić information content (AvgIpc) is 2.32. The Morgan fingerprint density at radius 1 is 1.26 bits per heavy atom. The van der Waals surface area contributed by atoms with Crippen molar-refractivity contribution < 1.29 is 4.39 Å². The van der Waals surface area contributed by atoms with Crippen molar-refractivity contribution in [1.82, 2.24) is 15.0 Å². The van der Waals surface area contributed by atoms with Gasteiger partial charge in [0.15, 0.2) is 0 Å². The number of benzene rings is 1. The fourth-order valence-corrected chi connectivity index (χ4v) is 1.96.